The van der Waals surface area contributed by atoms with Crippen molar-refractivity contribution in [3.8, 4) is 0 Å². The maximum Gasteiger partial charge on any atom is 0.239 e. The third kappa shape index (κ3) is 1.13. The van der Waals surface area contributed by atoms with Crippen molar-refractivity contribution in [2.24, 2.45) is 11.8 Å². The first-order valence-electron chi connectivity index (χ1n) is 4.64. The van der Waals surface area contributed by atoms with E-state index in [2.05, 4.69) is 5.32 Å². The van der Waals surface area contributed by atoms with Gasteiger partial charge in [0.1, 0.15) is 5.92 Å². The normalized spacial score (nSPS) is 26.7. The van der Waals surface area contributed by atoms with Crippen molar-refractivity contribution in [1.82, 2.24) is 5.32 Å². The molecule has 1 N–H and O–H groups in total. The third-order valence-electron chi connectivity index (χ3n) is 2.93. The van der Waals surface area contributed by atoms with E-state index in [0.717, 1.165) is 12.8 Å². The molecule has 0 atom stereocenters. The summed E-state index contributed by atoms with van der Waals surface area (Å²) in [4.78, 5) is 22.0. The average molecular weight is 167 g/mol. The van der Waals surface area contributed by atoms with Crippen LogP contribution in [0.5, 0.6) is 0 Å². The van der Waals surface area contributed by atoms with Crippen molar-refractivity contribution in [1.29, 1.82) is 0 Å². The Morgan fingerprint density at radius 3 is 2.08 bits per heavy atom. The highest BCUT2D eigenvalue weighted by Gasteiger charge is 2.43. The van der Waals surface area contributed by atoms with Crippen LogP contribution in [0.2, 0.25) is 0 Å². The lowest BCUT2D eigenvalue weighted by Crippen LogP contribution is -2.57. The summed E-state index contributed by atoms with van der Waals surface area (Å²) in [6.45, 7) is 0. The highest BCUT2D eigenvalue weighted by molar-refractivity contribution is 6.17. The molecule has 0 aromatic rings. The lowest BCUT2D eigenvalue weighted by molar-refractivity contribution is -0.151. The van der Waals surface area contributed by atoms with Crippen LogP contribution in [0.15, 0.2) is 0 Å². The third-order valence-corrected chi connectivity index (χ3v) is 2.93. The molecule has 3 heteroatoms. The summed E-state index contributed by atoms with van der Waals surface area (Å²) >= 11 is 0. The Hall–Kier alpha value is -0.860. The molecule has 66 valence electrons. The molecule has 0 radical (unpaired) electrons. The topological polar surface area (TPSA) is 46.2 Å². The number of rotatable bonds is 1. The first-order valence-corrected chi connectivity index (χ1v) is 4.64. The van der Waals surface area contributed by atoms with Gasteiger partial charge in [0.25, 0.3) is 0 Å². The smallest absolute Gasteiger partial charge is 0.239 e. The van der Waals surface area contributed by atoms with Gasteiger partial charge in [-0.05, 0) is 18.8 Å². The number of carbonyl (C=O) groups excluding carboxylic acids is 2. The lowest BCUT2D eigenvalue weighted by Gasteiger charge is -2.33. The first-order chi connectivity index (χ1) is 5.79. The van der Waals surface area contributed by atoms with Crippen LogP contribution in [0.25, 0.3) is 0 Å². The molecule has 2 amide bonds. The van der Waals surface area contributed by atoms with Crippen LogP contribution < -0.4 is 5.32 Å². The van der Waals surface area contributed by atoms with Crippen LogP contribution in [0, 0.1) is 11.8 Å². The summed E-state index contributed by atoms with van der Waals surface area (Å²) in [6.07, 6.45) is 5.75. The quantitative estimate of drug-likeness (QED) is 0.464. The molecule has 1 saturated carbocycles. The highest BCUT2D eigenvalue weighted by Crippen LogP contribution is 2.32. The number of nitrogens with one attached hydrogen (secondary N) is 1. The molecule has 2 fully saturated rings. The lowest BCUT2D eigenvalue weighted by atomic mass is 9.76. The summed E-state index contributed by atoms with van der Waals surface area (Å²) in [7, 11) is 0. The zero-order valence-electron chi connectivity index (χ0n) is 7.01. The van der Waals surface area contributed by atoms with Gasteiger partial charge in [0, 0.05) is 0 Å². The summed E-state index contributed by atoms with van der Waals surface area (Å²) < 4.78 is 0. The zero-order chi connectivity index (χ0) is 8.55. The predicted octanol–water partition coefficient (Wildman–Crippen LogP) is 0.839. The number of imide groups is 1. The molecule has 1 aliphatic carbocycles. The highest BCUT2D eigenvalue weighted by atomic mass is 16.2. The fourth-order valence-electron chi connectivity index (χ4n) is 2.21. The van der Waals surface area contributed by atoms with Gasteiger partial charge in [-0.1, -0.05) is 19.3 Å². The van der Waals surface area contributed by atoms with Gasteiger partial charge in [-0.25, -0.2) is 0 Å². The van der Waals surface area contributed by atoms with Crippen molar-refractivity contribution in [3.63, 3.8) is 0 Å². The van der Waals surface area contributed by atoms with Gasteiger partial charge in [0.05, 0.1) is 0 Å². The predicted molar refractivity (Wildman–Crippen MR) is 43.2 cm³/mol. The van der Waals surface area contributed by atoms with E-state index in [1.807, 2.05) is 0 Å². The van der Waals surface area contributed by atoms with Crippen molar-refractivity contribution in [2.75, 3.05) is 0 Å². The van der Waals surface area contributed by atoms with Gasteiger partial charge in [-0.15, -0.1) is 0 Å². The van der Waals surface area contributed by atoms with E-state index in [4.69, 9.17) is 0 Å². The second-order valence-electron chi connectivity index (χ2n) is 3.73. The molecule has 0 unspecified atom stereocenters. The second-order valence-corrected chi connectivity index (χ2v) is 3.73. The Kier molecular flexibility index (Phi) is 1.87. The summed E-state index contributed by atoms with van der Waals surface area (Å²) in [5.74, 6) is -0.0379. The minimum atomic E-state index is -0.287. The Morgan fingerprint density at radius 1 is 1.00 bits per heavy atom. The van der Waals surface area contributed by atoms with Gasteiger partial charge in [-0.3, -0.25) is 14.9 Å². The molecule has 1 heterocycles. The van der Waals surface area contributed by atoms with Crippen LogP contribution in [0.1, 0.15) is 32.1 Å². The molecular formula is C9H13NO2. The number of amides is 2. The van der Waals surface area contributed by atoms with Crippen LogP contribution in [0.4, 0.5) is 0 Å². The minimum Gasteiger partial charge on any atom is -0.295 e. The molecule has 12 heavy (non-hydrogen) atoms. The van der Waals surface area contributed by atoms with Crippen LogP contribution >= 0.6 is 0 Å². The first kappa shape index (κ1) is 7.77. The summed E-state index contributed by atoms with van der Waals surface area (Å²) in [6, 6.07) is 0. The van der Waals surface area contributed by atoms with Gasteiger partial charge in [-0.2, -0.15) is 0 Å². The van der Waals surface area contributed by atoms with E-state index in [0.29, 0.717) is 5.92 Å². The molecule has 0 aromatic carbocycles. The van der Waals surface area contributed by atoms with Crippen molar-refractivity contribution in [2.45, 2.75) is 32.1 Å². The monoisotopic (exact) mass is 167 g/mol. The van der Waals surface area contributed by atoms with Gasteiger partial charge in [0.15, 0.2) is 0 Å². The summed E-state index contributed by atoms with van der Waals surface area (Å²) in [5.41, 5.74) is 0. The Balaban J connectivity index is 1.98. The molecular weight excluding hydrogens is 154 g/mol. The van der Waals surface area contributed by atoms with E-state index in [-0.39, 0.29) is 17.7 Å². The Bertz CT molecular complexity index is 205. The zero-order valence-corrected chi connectivity index (χ0v) is 7.01. The molecule has 3 nitrogen and oxygen atoms in total. The molecule has 1 aliphatic heterocycles. The number of hydrogen-bond acceptors (Lipinski definition) is 2. The fraction of sp³-hybridized carbons (Fsp3) is 0.778. The van der Waals surface area contributed by atoms with Gasteiger partial charge < -0.3 is 0 Å². The van der Waals surface area contributed by atoms with Gasteiger partial charge >= 0.3 is 0 Å². The molecule has 2 rings (SSSR count). The Labute approximate surface area is 71.5 Å². The average Bonchev–Trinajstić information content (AvgIpc) is 2.05. The number of β-lactam (4-membered cyclic amide) rings is 2. The fourth-order valence-corrected chi connectivity index (χ4v) is 2.21. The SMILES string of the molecule is O=C1NC(=O)C1C1CCCCC1. The van der Waals surface area contributed by atoms with Crippen molar-refractivity contribution >= 4 is 11.8 Å². The summed E-state index contributed by atoms with van der Waals surface area (Å²) in [5, 5.41) is 2.28. The number of hydrogen-bond donors (Lipinski definition) is 1. The van der Waals surface area contributed by atoms with Crippen LogP contribution in [-0.2, 0) is 9.59 Å². The minimum absolute atomic E-state index is 0.0492. The van der Waals surface area contributed by atoms with Crippen LogP contribution in [0.3, 0.4) is 0 Å². The number of carbonyl (C=O) groups is 2. The second kappa shape index (κ2) is 2.88. The molecule has 0 bridgehead atoms. The molecule has 2 aliphatic rings. The maximum absolute atomic E-state index is 11.0. The Morgan fingerprint density at radius 2 is 1.58 bits per heavy atom. The van der Waals surface area contributed by atoms with Gasteiger partial charge in [0.2, 0.25) is 11.8 Å². The van der Waals surface area contributed by atoms with E-state index < -0.39 is 0 Å². The standard InChI is InChI=1S/C9H13NO2/c11-8-7(9(12)10-8)6-4-2-1-3-5-6/h6-7H,1-5H2,(H,10,11,12). The van der Waals surface area contributed by atoms with E-state index in [1.165, 1.54) is 19.3 Å². The molecule has 1 saturated heterocycles. The van der Waals surface area contributed by atoms with E-state index >= 15 is 0 Å². The largest absolute Gasteiger partial charge is 0.295 e. The molecule has 0 spiro atoms. The maximum atomic E-state index is 11.0. The van der Waals surface area contributed by atoms with E-state index in [1.54, 1.807) is 0 Å². The molecule has 0 aromatic heterocycles. The van der Waals surface area contributed by atoms with Crippen LogP contribution in [-0.4, -0.2) is 11.8 Å². The van der Waals surface area contributed by atoms with E-state index in [9.17, 15) is 9.59 Å². The van der Waals surface area contributed by atoms with Crippen molar-refractivity contribution < 1.29 is 9.59 Å². The van der Waals surface area contributed by atoms with Crippen molar-refractivity contribution in [3.05, 3.63) is 0 Å².